The molecule has 0 aromatic heterocycles. The zero-order chi connectivity index (χ0) is 44.1. The topological polar surface area (TPSA) is 94.1 Å². The van der Waals surface area contributed by atoms with Gasteiger partial charge in [0.2, 0.25) is 0 Å². The molecule has 2 unspecified atom stereocenters. The minimum absolute atomic E-state index is 0.0213. The molecule has 8 nitrogen and oxygen atoms in total. The highest BCUT2D eigenvalue weighted by atomic mass is 31.2. The molecule has 0 heterocycles. The Morgan fingerprint density at radius 1 is 0.533 bits per heavy atom. The van der Waals surface area contributed by atoms with Crippen molar-refractivity contribution in [2.75, 3.05) is 54.1 Å². The third kappa shape index (κ3) is 47.3. The molecule has 60 heavy (non-hydrogen) atoms. The number of likely N-dealkylation sites (N-methyl/N-ethyl adjacent to an activating group) is 1. The summed E-state index contributed by atoms with van der Waals surface area (Å²) in [4.78, 5) is 25.1. The second-order valence-corrected chi connectivity index (χ2v) is 18.8. The molecule has 9 heteroatoms. The van der Waals surface area contributed by atoms with Crippen molar-refractivity contribution < 1.29 is 37.3 Å². The fourth-order valence-corrected chi connectivity index (χ4v) is 7.26. The number of carbonyl (C=O) groups excluding carboxylic acids is 1. The fraction of sp³-hybridized carbons (Fsp3) is 0.784. The standard InChI is InChI=1S/C51H94NO7P/c1-6-8-10-12-14-16-18-20-22-24-25-26-27-28-29-31-33-35-37-39-41-43-46-56-48-50(49-58-60(54,55)57-47-45-52(3,4)5)59-51(53)44-42-40-38-36-34-32-30-23-21-19-17-15-13-11-9-7-2/h8,10,14,16,20,22-23,25-26,30,50H,6-7,9,11-13,15,17-19,21,24,27-29,31-49H2,1-5H3/b10-8-,16-14-,22-20-,26-25-,30-23-. The Morgan fingerprint density at radius 2 is 0.967 bits per heavy atom. The van der Waals surface area contributed by atoms with E-state index in [0.717, 1.165) is 70.6 Å². The molecule has 0 spiro atoms. The third-order valence-electron chi connectivity index (χ3n) is 10.3. The predicted molar refractivity (Wildman–Crippen MR) is 254 cm³/mol. The maximum atomic E-state index is 12.7. The Hall–Kier alpha value is -1.80. The van der Waals surface area contributed by atoms with Crippen LogP contribution in [0, 0.1) is 0 Å². The summed E-state index contributed by atoms with van der Waals surface area (Å²) in [6, 6.07) is 0. The number of esters is 1. The lowest BCUT2D eigenvalue weighted by Crippen LogP contribution is -2.37. The summed E-state index contributed by atoms with van der Waals surface area (Å²) in [5.74, 6) is -0.345. The molecule has 0 rings (SSSR count). The molecule has 2 atom stereocenters. The number of rotatable bonds is 45. The summed E-state index contributed by atoms with van der Waals surface area (Å²) in [5, 5.41) is 0. The van der Waals surface area contributed by atoms with Gasteiger partial charge in [-0.15, -0.1) is 0 Å². The molecular weight excluding hydrogens is 770 g/mol. The summed E-state index contributed by atoms with van der Waals surface area (Å²) < 4.78 is 34.7. The number of hydrogen-bond acceptors (Lipinski definition) is 7. The van der Waals surface area contributed by atoms with Crippen LogP contribution in [0.3, 0.4) is 0 Å². The van der Waals surface area contributed by atoms with Gasteiger partial charge < -0.3 is 27.9 Å². The zero-order valence-corrected chi connectivity index (χ0v) is 40.5. The Bertz CT molecular complexity index is 1140. The van der Waals surface area contributed by atoms with E-state index < -0.39 is 13.9 Å². The van der Waals surface area contributed by atoms with Gasteiger partial charge in [-0.3, -0.25) is 9.36 Å². The molecule has 350 valence electrons. The van der Waals surface area contributed by atoms with Crippen molar-refractivity contribution in [1.29, 1.82) is 0 Å². The van der Waals surface area contributed by atoms with Gasteiger partial charge in [0.25, 0.3) is 7.82 Å². The van der Waals surface area contributed by atoms with E-state index in [9.17, 15) is 14.3 Å². The number of allylic oxidation sites excluding steroid dienone is 10. The van der Waals surface area contributed by atoms with Crippen LogP contribution in [0.4, 0.5) is 0 Å². The van der Waals surface area contributed by atoms with Crippen LogP contribution in [0.25, 0.3) is 0 Å². The van der Waals surface area contributed by atoms with E-state index in [1.54, 1.807) is 0 Å². The van der Waals surface area contributed by atoms with Gasteiger partial charge in [0.15, 0.2) is 0 Å². The van der Waals surface area contributed by atoms with E-state index in [2.05, 4.69) is 74.6 Å². The number of quaternary nitrogens is 1. The molecule has 0 aromatic rings. The van der Waals surface area contributed by atoms with Crippen molar-refractivity contribution in [3.05, 3.63) is 60.8 Å². The Morgan fingerprint density at radius 3 is 1.47 bits per heavy atom. The molecule has 0 amide bonds. The second kappa shape index (κ2) is 43.8. The Balaban J connectivity index is 4.18. The number of phosphoric ester groups is 1. The number of nitrogens with zero attached hydrogens (tertiary/aromatic N) is 1. The van der Waals surface area contributed by atoms with E-state index in [0.29, 0.717) is 24.1 Å². The lowest BCUT2D eigenvalue weighted by atomic mass is 10.1. The number of carbonyl (C=O) groups is 1. The van der Waals surface area contributed by atoms with Crippen molar-refractivity contribution in [2.45, 2.75) is 206 Å². The first kappa shape index (κ1) is 58.2. The SMILES string of the molecule is CC/C=C\C/C=C\C/C=C\C/C=C\CCCCCCCCCCCOCC(COP(=O)([O-])OCC[N+](C)(C)C)OC(=O)CCCCCCC/C=C\CCCCCCCCC. The van der Waals surface area contributed by atoms with Gasteiger partial charge in [0.05, 0.1) is 34.4 Å². The molecule has 0 radical (unpaired) electrons. The first-order valence-electron chi connectivity index (χ1n) is 24.5. The van der Waals surface area contributed by atoms with Crippen LogP contribution in [0.1, 0.15) is 200 Å². The smallest absolute Gasteiger partial charge is 0.306 e. The van der Waals surface area contributed by atoms with Gasteiger partial charge in [0.1, 0.15) is 19.3 Å². The molecule has 0 bridgehead atoms. The zero-order valence-electron chi connectivity index (χ0n) is 39.6. The summed E-state index contributed by atoms with van der Waals surface area (Å²) in [6.45, 7) is 5.28. The van der Waals surface area contributed by atoms with Crippen LogP contribution < -0.4 is 4.89 Å². The highest BCUT2D eigenvalue weighted by Crippen LogP contribution is 2.38. The molecule has 0 aliphatic carbocycles. The normalized spacial score (nSPS) is 14.2. The molecule has 0 fully saturated rings. The van der Waals surface area contributed by atoms with Crippen LogP contribution in [-0.2, 0) is 27.9 Å². The summed E-state index contributed by atoms with van der Waals surface area (Å²) in [5.41, 5.74) is 0. The van der Waals surface area contributed by atoms with Crippen LogP contribution in [-0.4, -0.2) is 70.7 Å². The molecule has 0 N–H and O–H groups in total. The van der Waals surface area contributed by atoms with Gasteiger partial charge in [-0.2, -0.15) is 0 Å². The average Bonchev–Trinajstić information content (AvgIpc) is 3.20. The predicted octanol–water partition coefficient (Wildman–Crippen LogP) is 14.3. The summed E-state index contributed by atoms with van der Waals surface area (Å²) in [7, 11) is 1.34. The lowest BCUT2D eigenvalue weighted by molar-refractivity contribution is -0.870. The largest absolute Gasteiger partial charge is 0.756 e. The quantitative estimate of drug-likeness (QED) is 0.0198. The van der Waals surface area contributed by atoms with Gasteiger partial charge >= 0.3 is 5.97 Å². The van der Waals surface area contributed by atoms with E-state index in [1.165, 1.54) is 109 Å². The molecule has 0 aliphatic rings. The first-order valence-corrected chi connectivity index (χ1v) is 26.0. The minimum atomic E-state index is -4.53. The van der Waals surface area contributed by atoms with Crippen molar-refractivity contribution >= 4 is 13.8 Å². The maximum absolute atomic E-state index is 12.7. The van der Waals surface area contributed by atoms with Gasteiger partial charge in [-0.25, -0.2) is 0 Å². The molecule has 0 aromatic carbocycles. The molecular formula is C51H94NO7P. The summed E-state index contributed by atoms with van der Waals surface area (Å²) in [6.07, 6.45) is 55.2. The molecule has 0 saturated heterocycles. The van der Waals surface area contributed by atoms with Crippen LogP contribution in [0.2, 0.25) is 0 Å². The monoisotopic (exact) mass is 864 g/mol. The number of phosphoric acid groups is 1. The second-order valence-electron chi connectivity index (χ2n) is 17.4. The first-order chi connectivity index (χ1) is 29.1. The van der Waals surface area contributed by atoms with Crippen molar-refractivity contribution in [3.8, 4) is 0 Å². The van der Waals surface area contributed by atoms with Crippen LogP contribution >= 0.6 is 7.82 Å². The van der Waals surface area contributed by atoms with E-state index in [-0.39, 0.29) is 25.8 Å². The molecule has 0 aliphatic heterocycles. The van der Waals surface area contributed by atoms with E-state index in [1.807, 2.05) is 21.1 Å². The highest BCUT2D eigenvalue weighted by Gasteiger charge is 2.20. The Kier molecular flexibility index (Phi) is 42.5. The van der Waals surface area contributed by atoms with E-state index >= 15 is 0 Å². The van der Waals surface area contributed by atoms with Crippen molar-refractivity contribution in [3.63, 3.8) is 0 Å². The third-order valence-corrected chi connectivity index (χ3v) is 11.3. The van der Waals surface area contributed by atoms with Gasteiger partial charge in [-0.05, 0) is 77.0 Å². The van der Waals surface area contributed by atoms with Crippen LogP contribution in [0.15, 0.2) is 60.8 Å². The van der Waals surface area contributed by atoms with E-state index in [4.69, 9.17) is 18.5 Å². The lowest BCUT2D eigenvalue weighted by Gasteiger charge is -2.28. The van der Waals surface area contributed by atoms with Gasteiger partial charge in [0, 0.05) is 13.0 Å². The number of hydrogen-bond donors (Lipinski definition) is 0. The highest BCUT2D eigenvalue weighted by molar-refractivity contribution is 7.45. The average molecular weight is 864 g/mol. The Labute approximate surface area is 370 Å². The fourth-order valence-electron chi connectivity index (χ4n) is 6.53. The minimum Gasteiger partial charge on any atom is -0.756 e. The van der Waals surface area contributed by atoms with Crippen LogP contribution in [0.5, 0.6) is 0 Å². The van der Waals surface area contributed by atoms with Gasteiger partial charge in [-0.1, -0.05) is 177 Å². The maximum Gasteiger partial charge on any atom is 0.306 e. The number of ether oxygens (including phenoxy) is 2. The summed E-state index contributed by atoms with van der Waals surface area (Å²) >= 11 is 0. The van der Waals surface area contributed by atoms with Crippen molar-refractivity contribution in [1.82, 2.24) is 0 Å². The van der Waals surface area contributed by atoms with Crippen molar-refractivity contribution in [2.24, 2.45) is 0 Å². The number of unbranched alkanes of at least 4 members (excludes halogenated alkanes) is 21. The molecule has 0 saturated carbocycles.